The topological polar surface area (TPSA) is 71.1 Å². The third-order valence-electron chi connectivity index (χ3n) is 5.20. The standard InChI is InChI=1S/C28H36O6/c1-5-27(23-9-13-25(14-10-23)33-19-7-17-31-21(3)29)28(6-2)24-11-15-26(16-12-24)34-20-8-18-32-22(4)30/h9-16H,5-8,17-20H2,1-4H3/b28-27+. The van der Waals surface area contributed by atoms with Gasteiger partial charge in [-0.2, -0.15) is 0 Å². The molecule has 6 nitrogen and oxygen atoms in total. The van der Waals surface area contributed by atoms with Gasteiger partial charge in [0.25, 0.3) is 0 Å². The van der Waals surface area contributed by atoms with E-state index in [1.165, 1.54) is 36.1 Å². The monoisotopic (exact) mass is 468 g/mol. The van der Waals surface area contributed by atoms with Crippen LogP contribution in [0.15, 0.2) is 48.5 Å². The summed E-state index contributed by atoms with van der Waals surface area (Å²) in [5.41, 5.74) is 4.97. The average molecular weight is 469 g/mol. The summed E-state index contributed by atoms with van der Waals surface area (Å²) in [6.45, 7) is 8.89. The van der Waals surface area contributed by atoms with E-state index in [1.807, 2.05) is 24.3 Å². The fourth-order valence-electron chi connectivity index (χ4n) is 3.62. The first-order chi connectivity index (χ1) is 16.4. The SMILES string of the molecule is CC/C(=C(/CC)c1ccc(OCCCOC(C)=O)cc1)c1ccc(OCCCOC(C)=O)cc1. The normalized spacial score (nSPS) is 11.4. The second kappa shape index (κ2) is 14.8. The minimum atomic E-state index is -0.270. The first kappa shape index (κ1) is 27.0. The lowest BCUT2D eigenvalue weighted by Crippen LogP contribution is -2.06. The number of benzene rings is 2. The summed E-state index contributed by atoms with van der Waals surface area (Å²) in [7, 11) is 0. The van der Waals surface area contributed by atoms with Gasteiger partial charge in [-0.25, -0.2) is 0 Å². The predicted molar refractivity (Wildman–Crippen MR) is 134 cm³/mol. The number of carbonyl (C=O) groups excluding carboxylic acids is 2. The molecule has 0 N–H and O–H groups in total. The number of hydrogen-bond donors (Lipinski definition) is 0. The van der Waals surface area contributed by atoms with E-state index >= 15 is 0 Å². The molecule has 0 amide bonds. The Morgan fingerprint density at radius 2 is 0.941 bits per heavy atom. The summed E-state index contributed by atoms with van der Waals surface area (Å²) in [4.78, 5) is 21.6. The average Bonchev–Trinajstić information content (AvgIpc) is 2.83. The maximum absolute atomic E-state index is 10.8. The van der Waals surface area contributed by atoms with E-state index in [1.54, 1.807) is 0 Å². The Balaban J connectivity index is 2.00. The molecule has 34 heavy (non-hydrogen) atoms. The third-order valence-corrected chi connectivity index (χ3v) is 5.20. The van der Waals surface area contributed by atoms with Gasteiger partial charge in [0.2, 0.25) is 0 Å². The molecule has 2 rings (SSSR count). The third kappa shape index (κ3) is 9.30. The van der Waals surface area contributed by atoms with E-state index in [4.69, 9.17) is 18.9 Å². The van der Waals surface area contributed by atoms with Gasteiger partial charge in [0.05, 0.1) is 26.4 Å². The lowest BCUT2D eigenvalue weighted by molar-refractivity contribution is -0.142. The molecule has 0 aliphatic heterocycles. The molecule has 184 valence electrons. The summed E-state index contributed by atoms with van der Waals surface area (Å²) in [6, 6.07) is 16.3. The lowest BCUT2D eigenvalue weighted by atomic mass is 9.91. The van der Waals surface area contributed by atoms with Gasteiger partial charge < -0.3 is 18.9 Å². The molecule has 0 radical (unpaired) electrons. The molecule has 0 spiro atoms. The van der Waals surface area contributed by atoms with E-state index in [-0.39, 0.29) is 11.9 Å². The first-order valence-corrected chi connectivity index (χ1v) is 11.9. The zero-order valence-corrected chi connectivity index (χ0v) is 20.7. The highest BCUT2D eigenvalue weighted by molar-refractivity contribution is 5.90. The van der Waals surface area contributed by atoms with Crippen molar-refractivity contribution >= 4 is 23.1 Å². The van der Waals surface area contributed by atoms with Crippen LogP contribution in [0.2, 0.25) is 0 Å². The molecule has 0 fully saturated rings. The molecule has 0 atom stereocenters. The summed E-state index contributed by atoms with van der Waals surface area (Å²) in [5, 5.41) is 0. The Morgan fingerprint density at radius 3 is 1.24 bits per heavy atom. The Bertz CT molecular complexity index is 851. The maximum atomic E-state index is 10.8. The van der Waals surface area contributed by atoms with Crippen molar-refractivity contribution in [3.8, 4) is 11.5 Å². The number of ether oxygens (including phenoxy) is 4. The molecule has 0 bridgehead atoms. The molecule has 0 aliphatic rings. The van der Waals surface area contributed by atoms with Gasteiger partial charge in [0.1, 0.15) is 11.5 Å². The minimum absolute atomic E-state index is 0.270. The van der Waals surface area contributed by atoms with Crippen molar-refractivity contribution in [3.63, 3.8) is 0 Å². The summed E-state index contributed by atoms with van der Waals surface area (Å²) >= 11 is 0. The second-order valence-electron chi connectivity index (χ2n) is 7.80. The van der Waals surface area contributed by atoms with Gasteiger partial charge in [0, 0.05) is 26.7 Å². The number of rotatable bonds is 14. The largest absolute Gasteiger partial charge is 0.493 e. The summed E-state index contributed by atoms with van der Waals surface area (Å²) < 4.78 is 21.3. The number of carbonyl (C=O) groups is 2. The van der Waals surface area contributed by atoms with Gasteiger partial charge in [0.15, 0.2) is 0 Å². The van der Waals surface area contributed by atoms with Crippen LogP contribution in [0.25, 0.3) is 11.1 Å². The molecule has 2 aromatic rings. The number of allylic oxidation sites excluding steroid dienone is 2. The van der Waals surface area contributed by atoms with Gasteiger partial charge in [-0.15, -0.1) is 0 Å². The molecular weight excluding hydrogens is 432 g/mol. The molecule has 0 unspecified atom stereocenters. The molecule has 2 aromatic carbocycles. The van der Waals surface area contributed by atoms with Crippen molar-refractivity contribution in [1.82, 2.24) is 0 Å². The van der Waals surface area contributed by atoms with Crippen molar-refractivity contribution < 1.29 is 28.5 Å². The van der Waals surface area contributed by atoms with Crippen LogP contribution in [0.4, 0.5) is 0 Å². The van der Waals surface area contributed by atoms with Crippen molar-refractivity contribution in [3.05, 3.63) is 59.7 Å². The van der Waals surface area contributed by atoms with Crippen LogP contribution in [0.3, 0.4) is 0 Å². The fraction of sp³-hybridized carbons (Fsp3) is 0.429. The number of esters is 2. The van der Waals surface area contributed by atoms with E-state index < -0.39 is 0 Å². The van der Waals surface area contributed by atoms with Crippen LogP contribution in [-0.2, 0) is 19.1 Å². The zero-order valence-electron chi connectivity index (χ0n) is 20.7. The zero-order chi connectivity index (χ0) is 24.8. The lowest BCUT2D eigenvalue weighted by Gasteiger charge is -2.15. The highest BCUT2D eigenvalue weighted by atomic mass is 16.5. The van der Waals surface area contributed by atoms with Crippen molar-refractivity contribution in [1.29, 1.82) is 0 Å². The van der Waals surface area contributed by atoms with Crippen molar-refractivity contribution in [2.24, 2.45) is 0 Å². The van der Waals surface area contributed by atoms with Crippen LogP contribution in [0.5, 0.6) is 11.5 Å². The quantitative estimate of drug-likeness (QED) is 0.190. The van der Waals surface area contributed by atoms with Crippen LogP contribution < -0.4 is 9.47 Å². The molecule has 0 aromatic heterocycles. The van der Waals surface area contributed by atoms with Crippen LogP contribution in [-0.4, -0.2) is 38.4 Å². The van der Waals surface area contributed by atoms with E-state index in [0.717, 1.165) is 24.3 Å². The van der Waals surface area contributed by atoms with Crippen molar-refractivity contribution in [2.75, 3.05) is 26.4 Å². The van der Waals surface area contributed by atoms with Gasteiger partial charge >= 0.3 is 11.9 Å². The highest BCUT2D eigenvalue weighted by Crippen LogP contribution is 2.33. The smallest absolute Gasteiger partial charge is 0.302 e. The van der Waals surface area contributed by atoms with E-state index in [0.29, 0.717) is 39.3 Å². The number of hydrogen-bond acceptors (Lipinski definition) is 6. The second-order valence-corrected chi connectivity index (χ2v) is 7.80. The van der Waals surface area contributed by atoms with Gasteiger partial charge in [-0.3, -0.25) is 9.59 Å². The Morgan fingerprint density at radius 1 is 0.588 bits per heavy atom. The Kier molecular flexibility index (Phi) is 11.7. The molecule has 0 saturated heterocycles. The van der Waals surface area contributed by atoms with E-state index in [9.17, 15) is 9.59 Å². The van der Waals surface area contributed by atoms with Gasteiger partial charge in [-0.05, 0) is 59.4 Å². The maximum Gasteiger partial charge on any atom is 0.302 e. The van der Waals surface area contributed by atoms with E-state index in [2.05, 4.69) is 38.1 Å². The fourth-order valence-corrected chi connectivity index (χ4v) is 3.62. The molecular formula is C28H36O6. The first-order valence-electron chi connectivity index (χ1n) is 11.9. The molecule has 0 saturated carbocycles. The molecule has 0 heterocycles. The molecule has 6 heteroatoms. The predicted octanol–water partition coefficient (Wildman–Crippen LogP) is 6.08. The van der Waals surface area contributed by atoms with Crippen LogP contribution in [0.1, 0.15) is 64.5 Å². The van der Waals surface area contributed by atoms with Crippen LogP contribution >= 0.6 is 0 Å². The van der Waals surface area contributed by atoms with Crippen LogP contribution in [0, 0.1) is 0 Å². The highest BCUT2D eigenvalue weighted by Gasteiger charge is 2.10. The molecule has 0 aliphatic carbocycles. The minimum Gasteiger partial charge on any atom is -0.493 e. The van der Waals surface area contributed by atoms with Gasteiger partial charge in [-0.1, -0.05) is 38.1 Å². The summed E-state index contributed by atoms with van der Waals surface area (Å²) in [6.07, 6.45) is 3.15. The summed E-state index contributed by atoms with van der Waals surface area (Å²) in [5.74, 6) is 1.06. The van der Waals surface area contributed by atoms with Crippen molar-refractivity contribution in [2.45, 2.75) is 53.4 Å². The Hall–Kier alpha value is -3.28. The Labute approximate surface area is 202 Å².